The third kappa shape index (κ3) is 4.38. The van der Waals surface area contributed by atoms with Crippen LogP contribution in [0.15, 0.2) is 17.0 Å². The average Bonchev–Trinajstić information content (AvgIpc) is 2.50. The van der Waals surface area contributed by atoms with Crippen LogP contribution in [0.5, 0.6) is 0 Å². The van der Waals surface area contributed by atoms with Gasteiger partial charge in [0.05, 0.1) is 36.5 Å². The van der Waals surface area contributed by atoms with E-state index >= 15 is 0 Å². The lowest BCUT2D eigenvalue weighted by Gasteiger charge is -2.20. The SMILES string of the molecule is COC(=O)CSc1c(C(=O)OC)cc([NH+]([O-])O)cc1[NH+]([O-])O. The smallest absolute Gasteiger partial charge is 0.339 e. The molecule has 1 aromatic carbocycles. The van der Waals surface area contributed by atoms with Gasteiger partial charge in [-0.15, -0.1) is 11.8 Å². The molecule has 0 aliphatic rings. The van der Waals surface area contributed by atoms with Crippen molar-refractivity contribution in [1.82, 2.24) is 0 Å². The second-order valence-electron chi connectivity index (χ2n) is 3.87. The van der Waals surface area contributed by atoms with Crippen LogP contribution >= 0.6 is 11.8 Å². The van der Waals surface area contributed by atoms with Crippen molar-refractivity contribution in [2.75, 3.05) is 20.0 Å². The Morgan fingerprint density at radius 1 is 1.18 bits per heavy atom. The van der Waals surface area contributed by atoms with Gasteiger partial charge in [0.2, 0.25) is 0 Å². The maximum absolute atomic E-state index is 11.8. The molecule has 0 bridgehead atoms. The highest BCUT2D eigenvalue weighted by molar-refractivity contribution is 8.00. The molecule has 22 heavy (non-hydrogen) atoms. The van der Waals surface area contributed by atoms with Gasteiger partial charge in [-0.05, 0) is 0 Å². The number of carbonyl (C=O) groups excluding carboxylic acids is 2. The van der Waals surface area contributed by atoms with Crippen molar-refractivity contribution in [1.29, 1.82) is 0 Å². The number of esters is 2. The number of hydrogen-bond donors (Lipinski definition) is 4. The summed E-state index contributed by atoms with van der Waals surface area (Å²) >= 11 is 0.750. The molecule has 0 amide bonds. The van der Waals surface area contributed by atoms with E-state index in [1.807, 2.05) is 0 Å². The predicted molar refractivity (Wildman–Crippen MR) is 72.1 cm³/mol. The number of carbonyl (C=O) groups is 2. The number of ether oxygens (including phenoxy) is 2. The molecule has 0 aliphatic heterocycles. The van der Waals surface area contributed by atoms with Crippen molar-refractivity contribution in [3.8, 4) is 0 Å². The van der Waals surface area contributed by atoms with E-state index in [1.165, 1.54) is 0 Å². The van der Waals surface area contributed by atoms with Crippen LogP contribution in [0.3, 0.4) is 0 Å². The Bertz CT molecular complexity index is 563. The molecule has 1 rings (SSSR count). The Hall–Kier alpha value is -1.73. The van der Waals surface area contributed by atoms with E-state index in [0.717, 1.165) is 38.1 Å². The molecule has 0 saturated heterocycles. The van der Waals surface area contributed by atoms with Crippen LogP contribution in [0.2, 0.25) is 0 Å². The maximum atomic E-state index is 11.8. The van der Waals surface area contributed by atoms with Crippen LogP contribution in [0.1, 0.15) is 10.4 Å². The van der Waals surface area contributed by atoms with Gasteiger partial charge in [0, 0.05) is 6.07 Å². The van der Waals surface area contributed by atoms with Gasteiger partial charge in [-0.3, -0.25) is 4.79 Å². The first-order chi connectivity index (χ1) is 10.3. The summed E-state index contributed by atoms with van der Waals surface area (Å²) in [6.07, 6.45) is 0. The molecule has 0 saturated carbocycles. The van der Waals surface area contributed by atoms with Gasteiger partial charge >= 0.3 is 11.9 Å². The van der Waals surface area contributed by atoms with E-state index in [0.29, 0.717) is 0 Å². The van der Waals surface area contributed by atoms with Crippen molar-refractivity contribution < 1.29 is 39.9 Å². The summed E-state index contributed by atoms with van der Waals surface area (Å²) in [6.45, 7) is 0. The van der Waals surface area contributed by atoms with Gasteiger partial charge in [-0.2, -0.15) is 10.5 Å². The number of benzene rings is 1. The van der Waals surface area contributed by atoms with Gasteiger partial charge in [-0.1, -0.05) is 0 Å². The zero-order valence-corrected chi connectivity index (χ0v) is 12.4. The predicted octanol–water partition coefficient (Wildman–Crippen LogP) is -1.45. The summed E-state index contributed by atoms with van der Waals surface area (Å²) in [5.41, 5.74) is -1.02. The molecule has 122 valence electrons. The quantitative estimate of drug-likeness (QED) is 0.278. The van der Waals surface area contributed by atoms with Crippen LogP contribution < -0.4 is 10.5 Å². The van der Waals surface area contributed by atoms with Gasteiger partial charge in [0.15, 0.2) is 11.4 Å². The van der Waals surface area contributed by atoms with E-state index in [4.69, 9.17) is 5.21 Å². The third-order valence-corrected chi connectivity index (χ3v) is 3.64. The maximum Gasteiger partial charge on any atom is 0.339 e. The van der Waals surface area contributed by atoms with Crippen molar-refractivity contribution in [3.05, 3.63) is 28.1 Å². The number of rotatable bonds is 6. The van der Waals surface area contributed by atoms with Crippen molar-refractivity contribution in [2.45, 2.75) is 4.90 Å². The highest BCUT2D eigenvalue weighted by Gasteiger charge is 2.25. The van der Waals surface area contributed by atoms with Gasteiger partial charge in [-0.25, -0.2) is 15.2 Å². The second kappa shape index (κ2) is 8.05. The minimum atomic E-state index is -1.43. The molecule has 0 fully saturated rings. The van der Waals surface area contributed by atoms with Crippen LogP contribution in [0.4, 0.5) is 11.4 Å². The molecule has 2 atom stereocenters. The standard InChI is InChI=1S/C11H14N2O8S/c1-20-9(14)5-22-10-7(11(15)21-2)3-6(12(16)17)4-8(10)13(18)19/h3-4,12-13,16,18H,5H2,1-2H3. The number of thioether (sulfide) groups is 1. The van der Waals surface area contributed by atoms with E-state index in [1.54, 1.807) is 0 Å². The number of nitrogens with one attached hydrogen (secondary N) is 2. The van der Waals surface area contributed by atoms with Gasteiger partial charge < -0.3 is 19.9 Å². The molecular formula is C11H14N2O8S. The Labute approximate surface area is 128 Å². The molecule has 1 aromatic rings. The Balaban J connectivity index is 3.40. The first kappa shape index (κ1) is 18.3. The molecular weight excluding hydrogens is 320 g/mol. The molecule has 2 unspecified atom stereocenters. The summed E-state index contributed by atoms with van der Waals surface area (Å²) in [5.74, 6) is -1.77. The molecule has 0 aromatic heterocycles. The molecule has 11 heteroatoms. The van der Waals surface area contributed by atoms with Crippen molar-refractivity contribution in [3.63, 3.8) is 0 Å². The fourth-order valence-corrected chi connectivity index (χ4v) is 2.50. The lowest BCUT2D eigenvalue weighted by atomic mass is 10.1. The van der Waals surface area contributed by atoms with E-state index in [-0.39, 0.29) is 21.9 Å². The second-order valence-corrected chi connectivity index (χ2v) is 4.85. The highest BCUT2D eigenvalue weighted by atomic mass is 32.2. The zero-order valence-electron chi connectivity index (χ0n) is 11.6. The van der Waals surface area contributed by atoms with Gasteiger partial charge in [0.1, 0.15) is 0 Å². The Morgan fingerprint density at radius 2 is 1.82 bits per heavy atom. The highest BCUT2D eigenvalue weighted by Crippen LogP contribution is 2.31. The summed E-state index contributed by atoms with van der Waals surface area (Å²) in [6, 6.07) is 1.91. The fourth-order valence-electron chi connectivity index (χ4n) is 1.52. The summed E-state index contributed by atoms with van der Waals surface area (Å²) < 4.78 is 8.97. The fraction of sp³-hybridized carbons (Fsp3) is 0.273. The summed E-state index contributed by atoms with van der Waals surface area (Å²) in [4.78, 5) is 22.9. The molecule has 0 spiro atoms. The van der Waals surface area contributed by atoms with Crippen LogP contribution in [-0.4, -0.2) is 42.3 Å². The lowest BCUT2D eigenvalue weighted by molar-refractivity contribution is -0.997. The monoisotopic (exact) mass is 334 g/mol. The Morgan fingerprint density at radius 3 is 2.27 bits per heavy atom. The molecule has 4 N–H and O–H groups in total. The molecule has 0 radical (unpaired) electrons. The zero-order chi connectivity index (χ0) is 16.9. The first-order valence-corrected chi connectivity index (χ1v) is 6.73. The van der Waals surface area contributed by atoms with Crippen molar-refractivity contribution in [2.24, 2.45) is 0 Å². The third-order valence-electron chi connectivity index (χ3n) is 2.53. The largest absolute Gasteiger partial charge is 0.595 e. The number of hydrogen-bond acceptors (Lipinski definition) is 9. The minimum absolute atomic E-state index is 0.0604. The molecule has 0 aliphatic carbocycles. The van der Waals surface area contributed by atoms with Crippen molar-refractivity contribution >= 4 is 35.1 Å². The summed E-state index contributed by atoms with van der Waals surface area (Å²) in [5, 5.41) is 37.7. The Kier molecular flexibility index (Phi) is 6.70. The number of methoxy groups -OCH3 is 2. The van der Waals surface area contributed by atoms with E-state index in [9.17, 15) is 25.2 Å². The van der Waals surface area contributed by atoms with Crippen LogP contribution in [0, 0.1) is 10.4 Å². The van der Waals surface area contributed by atoms with E-state index in [2.05, 4.69) is 9.47 Å². The molecule has 10 nitrogen and oxygen atoms in total. The molecule has 0 heterocycles. The normalized spacial score (nSPS) is 13.4. The topological polar surface area (TPSA) is 148 Å². The van der Waals surface area contributed by atoms with E-state index < -0.39 is 28.1 Å². The summed E-state index contributed by atoms with van der Waals surface area (Å²) in [7, 11) is 2.24. The lowest BCUT2D eigenvalue weighted by Crippen LogP contribution is -3.01. The average molecular weight is 334 g/mol. The van der Waals surface area contributed by atoms with Crippen LogP contribution in [-0.2, 0) is 14.3 Å². The van der Waals surface area contributed by atoms with Crippen LogP contribution in [0.25, 0.3) is 0 Å². The van der Waals surface area contributed by atoms with Gasteiger partial charge in [0.25, 0.3) is 0 Å². The number of quaternary nitrogens is 2. The first-order valence-electron chi connectivity index (χ1n) is 5.74. The minimum Gasteiger partial charge on any atom is -0.595 e.